The number of rotatable bonds is 1. The Morgan fingerprint density at radius 3 is 1.86 bits per heavy atom. The van der Waals surface area contributed by atoms with Crippen LogP contribution in [0.15, 0.2) is 0 Å². The van der Waals surface area contributed by atoms with Crippen molar-refractivity contribution >= 4 is 0 Å². The quantitative estimate of drug-likeness (QED) is 0.723. The van der Waals surface area contributed by atoms with Crippen molar-refractivity contribution < 1.29 is 0 Å². The van der Waals surface area contributed by atoms with Crippen LogP contribution in [0, 0.1) is 13.8 Å². The largest absolute Gasteiger partial charge is 0.346 e. The average molecular weight is 196 g/mol. The molecule has 0 amide bonds. The standard InChI is InChI=1S/C8H12N2.2C2H6/c1-5-6(2)10-8(9-5)7-3-4-7;2*1-2/h7H,3-4H2,1-2H3,(H,9,10);2*1-2H3. The molecular weight excluding hydrogens is 172 g/mol. The summed E-state index contributed by atoms with van der Waals surface area (Å²) in [4.78, 5) is 7.71. The third-order valence-electron chi connectivity index (χ3n) is 2.11. The molecule has 2 heteroatoms. The molecule has 1 N–H and O–H groups in total. The number of nitrogens with one attached hydrogen (secondary N) is 1. The Kier molecular flexibility index (Phi) is 6.26. The van der Waals surface area contributed by atoms with Gasteiger partial charge in [0.05, 0.1) is 5.69 Å². The number of aromatic amines is 1. The van der Waals surface area contributed by atoms with Crippen molar-refractivity contribution in [2.45, 2.75) is 60.3 Å². The van der Waals surface area contributed by atoms with E-state index in [1.807, 2.05) is 27.7 Å². The van der Waals surface area contributed by atoms with Gasteiger partial charge in [0.15, 0.2) is 0 Å². The van der Waals surface area contributed by atoms with Crippen LogP contribution in [0.2, 0.25) is 0 Å². The van der Waals surface area contributed by atoms with E-state index >= 15 is 0 Å². The molecule has 0 spiro atoms. The van der Waals surface area contributed by atoms with Crippen molar-refractivity contribution in [1.82, 2.24) is 9.97 Å². The summed E-state index contributed by atoms with van der Waals surface area (Å²) in [5.74, 6) is 1.96. The van der Waals surface area contributed by atoms with Gasteiger partial charge in [0.25, 0.3) is 0 Å². The van der Waals surface area contributed by atoms with Crippen LogP contribution in [0.1, 0.15) is 63.7 Å². The second kappa shape index (κ2) is 6.63. The van der Waals surface area contributed by atoms with Gasteiger partial charge in [0.2, 0.25) is 0 Å². The van der Waals surface area contributed by atoms with Crippen LogP contribution >= 0.6 is 0 Å². The summed E-state index contributed by atoms with van der Waals surface area (Å²) in [6.07, 6.45) is 2.65. The molecular formula is C12H24N2. The number of hydrogen-bond donors (Lipinski definition) is 1. The van der Waals surface area contributed by atoms with E-state index in [2.05, 4.69) is 23.8 Å². The molecule has 82 valence electrons. The molecule has 0 bridgehead atoms. The molecule has 1 aliphatic rings. The van der Waals surface area contributed by atoms with Gasteiger partial charge in [-0.2, -0.15) is 0 Å². The fraction of sp³-hybridized carbons (Fsp3) is 0.750. The minimum Gasteiger partial charge on any atom is -0.346 e. The van der Waals surface area contributed by atoms with Gasteiger partial charge in [-0.3, -0.25) is 0 Å². The maximum absolute atomic E-state index is 4.42. The molecule has 2 nitrogen and oxygen atoms in total. The van der Waals surface area contributed by atoms with E-state index in [4.69, 9.17) is 0 Å². The van der Waals surface area contributed by atoms with Crippen LogP contribution in [0.5, 0.6) is 0 Å². The number of aromatic nitrogens is 2. The predicted molar refractivity (Wildman–Crippen MR) is 62.7 cm³/mol. The van der Waals surface area contributed by atoms with E-state index in [-0.39, 0.29) is 0 Å². The van der Waals surface area contributed by atoms with E-state index in [1.54, 1.807) is 0 Å². The molecule has 0 saturated heterocycles. The lowest BCUT2D eigenvalue weighted by molar-refractivity contribution is 0.964. The predicted octanol–water partition coefficient (Wildman–Crippen LogP) is 3.96. The van der Waals surface area contributed by atoms with Crippen molar-refractivity contribution in [3.8, 4) is 0 Å². The minimum absolute atomic E-state index is 0.757. The topological polar surface area (TPSA) is 28.7 Å². The smallest absolute Gasteiger partial charge is 0.109 e. The summed E-state index contributed by atoms with van der Waals surface area (Å²) >= 11 is 0. The van der Waals surface area contributed by atoms with Gasteiger partial charge in [0, 0.05) is 11.6 Å². The average Bonchev–Trinajstić information content (AvgIpc) is 3.02. The minimum atomic E-state index is 0.757. The fourth-order valence-electron chi connectivity index (χ4n) is 1.13. The molecule has 1 aromatic heterocycles. The van der Waals surface area contributed by atoms with Crippen LogP contribution in [0.25, 0.3) is 0 Å². The number of aryl methyl sites for hydroxylation is 2. The van der Waals surface area contributed by atoms with Crippen LogP contribution < -0.4 is 0 Å². The lowest BCUT2D eigenvalue weighted by Crippen LogP contribution is -1.80. The normalized spacial score (nSPS) is 13.6. The molecule has 0 unspecified atom stereocenters. The molecule has 1 aliphatic carbocycles. The van der Waals surface area contributed by atoms with Gasteiger partial charge in [-0.25, -0.2) is 4.98 Å². The molecule has 0 atom stereocenters. The first-order valence-electron chi connectivity index (χ1n) is 5.80. The maximum atomic E-state index is 4.42. The van der Waals surface area contributed by atoms with Gasteiger partial charge < -0.3 is 4.98 Å². The summed E-state index contributed by atoms with van der Waals surface area (Å²) in [6.45, 7) is 12.1. The first kappa shape index (κ1) is 13.2. The van der Waals surface area contributed by atoms with Gasteiger partial charge in [-0.1, -0.05) is 27.7 Å². The fourth-order valence-corrected chi connectivity index (χ4v) is 1.13. The Hall–Kier alpha value is -0.790. The SMILES string of the molecule is CC.CC.Cc1nc(C2CC2)[nH]c1C. The van der Waals surface area contributed by atoms with Gasteiger partial charge in [-0.15, -0.1) is 0 Å². The van der Waals surface area contributed by atoms with E-state index in [0.717, 1.165) is 11.6 Å². The zero-order valence-corrected chi connectivity index (χ0v) is 10.4. The second-order valence-corrected chi connectivity index (χ2v) is 3.11. The Bertz CT molecular complexity index is 227. The lowest BCUT2D eigenvalue weighted by atomic mass is 10.4. The third-order valence-corrected chi connectivity index (χ3v) is 2.11. The lowest BCUT2D eigenvalue weighted by Gasteiger charge is -1.84. The monoisotopic (exact) mass is 196 g/mol. The van der Waals surface area contributed by atoms with Crippen molar-refractivity contribution in [1.29, 1.82) is 0 Å². The Balaban J connectivity index is 0.000000379. The van der Waals surface area contributed by atoms with Crippen LogP contribution in [0.3, 0.4) is 0 Å². The first-order valence-corrected chi connectivity index (χ1v) is 5.80. The van der Waals surface area contributed by atoms with Crippen LogP contribution in [-0.4, -0.2) is 9.97 Å². The van der Waals surface area contributed by atoms with Crippen molar-refractivity contribution in [2.24, 2.45) is 0 Å². The number of nitrogens with zero attached hydrogens (tertiary/aromatic N) is 1. The van der Waals surface area contributed by atoms with E-state index in [0.29, 0.717) is 0 Å². The molecule has 2 rings (SSSR count). The highest BCUT2D eigenvalue weighted by molar-refractivity contribution is 5.16. The van der Waals surface area contributed by atoms with E-state index < -0.39 is 0 Å². The van der Waals surface area contributed by atoms with Crippen molar-refractivity contribution in [3.05, 3.63) is 17.2 Å². The Morgan fingerprint density at radius 2 is 1.57 bits per heavy atom. The molecule has 0 aromatic carbocycles. The summed E-state index contributed by atoms with van der Waals surface area (Å²) in [5, 5.41) is 0. The molecule has 0 radical (unpaired) electrons. The summed E-state index contributed by atoms with van der Waals surface area (Å²) in [7, 11) is 0. The summed E-state index contributed by atoms with van der Waals surface area (Å²) in [5.41, 5.74) is 2.38. The van der Waals surface area contributed by atoms with E-state index in [9.17, 15) is 0 Å². The van der Waals surface area contributed by atoms with Crippen molar-refractivity contribution in [3.63, 3.8) is 0 Å². The zero-order chi connectivity index (χ0) is 11.1. The van der Waals surface area contributed by atoms with E-state index in [1.165, 1.54) is 24.4 Å². The van der Waals surface area contributed by atoms with Crippen LogP contribution in [0.4, 0.5) is 0 Å². The van der Waals surface area contributed by atoms with Gasteiger partial charge in [0.1, 0.15) is 5.82 Å². The highest BCUT2D eigenvalue weighted by Gasteiger charge is 2.26. The maximum Gasteiger partial charge on any atom is 0.109 e. The molecule has 1 saturated carbocycles. The first-order chi connectivity index (χ1) is 6.77. The summed E-state index contributed by atoms with van der Waals surface area (Å²) in [6, 6.07) is 0. The van der Waals surface area contributed by atoms with Crippen molar-refractivity contribution in [2.75, 3.05) is 0 Å². The number of imidazole rings is 1. The second-order valence-electron chi connectivity index (χ2n) is 3.11. The summed E-state index contributed by atoms with van der Waals surface area (Å²) < 4.78 is 0. The Labute approximate surface area is 88.2 Å². The highest BCUT2D eigenvalue weighted by atomic mass is 14.9. The molecule has 1 fully saturated rings. The van der Waals surface area contributed by atoms with Crippen LogP contribution in [-0.2, 0) is 0 Å². The third kappa shape index (κ3) is 3.52. The Morgan fingerprint density at radius 1 is 1.07 bits per heavy atom. The molecule has 1 heterocycles. The zero-order valence-electron chi connectivity index (χ0n) is 10.4. The highest BCUT2D eigenvalue weighted by Crippen LogP contribution is 2.38. The molecule has 14 heavy (non-hydrogen) atoms. The molecule has 1 aromatic rings. The number of H-pyrrole nitrogens is 1. The molecule has 0 aliphatic heterocycles. The number of hydrogen-bond acceptors (Lipinski definition) is 1. The van der Waals surface area contributed by atoms with Gasteiger partial charge >= 0.3 is 0 Å². The van der Waals surface area contributed by atoms with Gasteiger partial charge in [-0.05, 0) is 26.7 Å².